The number of carbonyl (C=O) groups excluding carboxylic acids is 3. The molecule has 4 aromatic rings. The van der Waals surface area contributed by atoms with Crippen molar-refractivity contribution in [3.63, 3.8) is 0 Å². The number of rotatable bonds is 17. The first-order valence-electron chi connectivity index (χ1n) is 16.5. The Morgan fingerprint density at radius 3 is 2.10 bits per heavy atom. The topological polar surface area (TPSA) is 212 Å². The molecule has 1 aliphatic rings. The SMILES string of the molecule is NC(=O)[C@@]1(NC(=O)[C@H](CCCN=C(N)N)NC(=O)[C@@H](Cc2ccccc2)NS(=O)(=O)CCc2ccccc2)CC1c1ccc2ccccc2c1. The number of benzene rings is 4. The van der Waals surface area contributed by atoms with Crippen LogP contribution in [-0.2, 0) is 37.2 Å². The maximum absolute atomic E-state index is 13.9. The van der Waals surface area contributed by atoms with Crippen LogP contribution >= 0.6 is 0 Å². The van der Waals surface area contributed by atoms with Crippen LogP contribution in [0.1, 0.15) is 41.9 Å². The molecule has 0 heterocycles. The Bertz CT molecular complexity index is 1950. The van der Waals surface area contributed by atoms with Crippen molar-refractivity contribution in [1.82, 2.24) is 15.4 Å². The average molecular weight is 698 g/mol. The third kappa shape index (κ3) is 9.45. The average Bonchev–Trinajstić information content (AvgIpc) is 3.84. The van der Waals surface area contributed by atoms with Crippen LogP contribution in [0.5, 0.6) is 0 Å². The summed E-state index contributed by atoms with van der Waals surface area (Å²) in [6.45, 7) is 0.183. The number of aryl methyl sites for hydroxylation is 1. The fourth-order valence-electron chi connectivity index (χ4n) is 6.12. The van der Waals surface area contributed by atoms with Crippen LogP contribution in [0.4, 0.5) is 0 Å². The van der Waals surface area contributed by atoms with Crippen LogP contribution in [0.15, 0.2) is 108 Å². The summed E-state index contributed by atoms with van der Waals surface area (Å²) >= 11 is 0. The second kappa shape index (κ2) is 16.0. The number of primary amides is 1. The molecule has 3 amide bonds. The normalized spacial score (nSPS) is 18.0. The molecule has 5 rings (SSSR count). The first kappa shape index (κ1) is 36.0. The van der Waals surface area contributed by atoms with Gasteiger partial charge in [0.2, 0.25) is 27.7 Å². The largest absolute Gasteiger partial charge is 0.370 e. The van der Waals surface area contributed by atoms with Gasteiger partial charge >= 0.3 is 0 Å². The molecule has 12 nitrogen and oxygen atoms in total. The number of carbonyl (C=O) groups is 3. The standard InChI is InChI=1S/C37H43N7O5S/c38-35(47)37(24-30(37)29-18-17-27-14-7-8-15-28(27)23-29)43-34(46)31(16-9-20-41-36(39)40)42-33(45)32(22-26-12-5-2-6-13-26)44-50(48,49)21-19-25-10-3-1-4-11-25/h1-8,10-15,17-18,23,30-32,44H,9,16,19-22,24H2,(H2,38,47)(H,42,45)(H,43,46)(H4,39,40,41)/t30?,31-,32+,37+/m0/s1. The zero-order valence-electron chi connectivity index (χ0n) is 27.6. The van der Waals surface area contributed by atoms with Crippen molar-refractivity contribution in [1.29, 1.82) is 0 Å². The van der Waals surface area contributed by atoms with Crippen molar-refractivity contribution < 1.29 is 22.8 Å². The number of guanidine groups is 1. The molecule has 0 bridgehead atoms. The maximum Gasteiger partial charge on any atom is 0.243 e. The smallest absolute Gasteiger partial charge is 0.243 e. The number of sulfonamides is 1. The summed E-state index contributed by atoms with van der Waals surface area (Å²) in [5, 5.41) is 7.62. The first-order chi connectivity index (χ1) is 24.0. The molecule has 1 aliphatic carbocycles. The fourth-order valence-corrected chi connectivity index (χ4v) is 7.37. The lowest BCUT2D eigenvalue weighted by Gasteiger charge is -2.25. The predicted octanol–water partition coefficient (Wildman–Crippen LogP) is 1.98. The molecule has 1 fully saturated rings. The first-order valence-corrected chi connectivity index (χ1v) is 18.2. The molecule has 4 atom stereocenters. The minimum Gasteiger partial charge on any atom is -0.370 e. The van der Waals surface area contributed by atoms with E-state index >= 15 is 0 Å². The van der Waals surface area contributed by atoms with Crippen LogP contribution in [0.3, 0.4) is 0 Å². The summed E-state index contributed by atoms with van der Waals surface area (Å²) in [6, 6.07) is 29.4. The van der Waals surface area contributed by atoms with Gasteiger partial charge in [-0.2, -0.15) is 0 Å². The van der Waals surface area contributed by atoms with Gasteiger partial charge in [0.1, 0.15) is 17.6 Å². The molecule has 262 valence electrons. The molecular weight excluding hydrogens is 655 g/mol. The maximum atomic E-state index is 13.9. The highest BCUT2D eigenvalue weighted by molar-refractivity contribution is 7.89. The van der Waals surface area contributed by atoms with E-state index in [0.717, 1.165) is 27.5 Å². The second-order valence-electron chi connectivity index (χ2n) is 12.6. The summed E-state index contributed by atoms with van der Waals surface area (Å²) < 4.78 is 29.1. The van der Waals surface area contributed by atoms with Crippen molar-refractivity contribution in [2.75, 3.05) is 12.3 Å². The second-order valence-corrected chi connectivity index (χ2v) is 14.5. The molecule has 4 aromatic carbocycles. The molecule has 50 heavy (non-hydrogen) atoms. The molecule has 13 heteroatoms. The van der Waals surface area contributed by atoms with Gasteiger partial charge in [-0.25, -0.2) is 13.1 Å². The number of amides is 3. The van der Waals surface area contributed by atoms with Gasteiger partial charge < -0.3 is 27.8 Å². The van der Waals surface area contributed by atoms with E-state index in [0.29, 0.717) is 12.8 Å². The quantitative estimate of drug-likeness (QED) is 0.0548. The zero-order valence-corrected chi connectivity index (χ0v) is 28.4. The van der Waals surface area contributed by atoms with E-state index in [1.807, 2.05) is 78.9 Å². The molecule has 1 saturated carbocycles. The number of aliphatic imine (C=N–C) groups is 1. The number of nitrogens with two attached hydrogens (primary N) is 3. The monoisotopic (exact) mass is 697 g/mol. The number of nitrogens with one attached hydrogen (secondary N) is 3. The molecule has 0 radical (unpaired) electrons. The number of fused-ring (bicyclic) bond motifs is 1. The Labute approximate surface area is 292 Å². The minimum absolute atomic E-state index is 0.0365. The summed E-state index contributed by atoms with van der Waals surface area (Å²) in [6.07, 6.45) is 0.982. The van der Waals surface area contributed by atoms with E-state index in [1.54, 1.807) is 24.3 Å². The van der Waals surface area contributed by atoms with Crippen molar-refractivity contribution in [2.24, 2.45) is 22.2 Å². The Morgan fingerprint density at radius 1 is 0.800 bits per heavy atom. The van der Waals surface area contributed by atoms with Crippen LogP contribution in [0.2, 0.25) is 0 Å². The van der Waals surface area contributed by atoms with Gasteiger partial charge in [-0.3, -0.25) is 19.4 Å². The van der Waals surface area contributed by atoms with E-state index < -0.39 is 45.4 Å². The lowest BCUT2D eigenvalue weighted by molar-refractivity contribution is -0.132. The highest BCUT2D eigenvalue weighted by atomic mass is 32.2. The van der Waals surface area contributed by atoms with Crippen molar-refractivity contribution in [3.8, 4) is 0 Å². The molecule has 0 aromatic heterocycles. The Balaban J connectivity index is 1.35. The number of nitrogens with zero attached hydrogens (tertiary/aromatic N) is 1. The van der Waals surface area contributed by atoms with E-state index in [-0.39, 0.29) is 43.4 Å². The van der Waals surface area contributed by atoms with Crippen molar-refractivity contribution >= 4 is 44.5 Å². The van der Waals surface area contributed by atoms with Gasteiger partial charge in [-0.05, 0) is 59.6 Å². The van der Waals surface area contributed by atoms with Gasteiger partial charge in [0.05, 0.1) is 5.75 Å². The zero-order chi connectivity index (χ0) is 35.7. The summed E-state index contributed by atoms with van der Waals surface area (Å²) in [5.74, 6) is -2.75. The van der Waals surface area contributed by atoms with Crippen LogP contribution < -0.4 is 32.6 Å². The lowest BCUT2D eigenvalue weighted by Crippen LogP contribution is -2.58. The van der Waals surface area contributed by atoms with Crippen LogP contribution in [0, 0.1) is 0 Å². The van der Waals surface area contributed by atoms with Gasteiger partial charge in [0.15, 0.2) is 5.96 Å². The van der Waals surface area contributed by atoms with Gasteiger partial charge in [0, 0.05) is 12.5 Å². The van der Waals surface area contributed by atoms with Crippen LogP contribution in [-0.4, -0.2) is 62.0 Å². The highest BCUT2D eigenvalue weighted by Crippen LogP contribution is 2.51. The van der Waals surface area contributed by atoms with E-state index in [2.05, 4.69) is 20.3 Å². The number of hydrogen-bond acceptors (Lipinski definition) is 6. The molecule has 1 unspecified atom stereocenters. The van der Waals surface area contributed by atoms with Gasteiger partial charge in [-0.15, -0.1) is 0 Å². The Morgan fingerprint density at radius 2 is 1.44 bits per heavy atom. The summed E-state index contributed by atoms with van der Waals surface area (Å²) in [7, 11) is -3.93. The number of hydrogen-bond donors (Lipinski definition) is 6. The highest BCUT2D eigenvalue weighted by Gasteiger charge is 2.61. The van der Waals surface area contributed by atoms with E-state index in [1.165, 1.54) is 0 Å². The lowest BCUT2D eigenvalue weighted by atomic mass is 10.0. The van der Waals surface area contributed by atoms with E-state index in [4.69, 9.17) is 17.2 Å². The summed E-state index contributed by atoms with van der Waals surface area (Å²) in [4.78, 5) is 44.7. The van der Waals surface area contributed by atoms with E-state index in [9.17, 15) is 22.8 Å². The Kier molecular flexibility index (Phi) is 11.5. The third-order valence-corrected chi connectivity index (χ3v) is 10.3. The van der Waals surface area contributed by atoms with Crippen molar-refractivity contribution in [3.05, 3.63) is 120 Å². The summed E-state index contributed by atoms with van der Waals surface area (Å²) in [5.41, 5.74) is 17.9. The fraction of sp³-hybridized carbons (Fsp3) is 0.297. The molecule has 0 aliphatic heterocycles. The minimum atomic E-state index is -3.93. The van der Waals surface area contributed by atoms with Crippen molar-refractivity contribution in [2.45, 2.75) is 55.6 Å². The van der Waals surface area contributed by atoms with Crippen LogP contribution in [0.25, 0.3) is 10.8 Å². The molecule has 0 saturated heterocycles. The molecular formula is C37H43N7O5S. The molecule has 9 N–H and O–H groups in total. The van der Waals surface area contributed by atoms with Gasteiger partial charge in [-0.1, -0.05) is 103 Å². The van der Waals surface area contributed by atoms with Gasteiger partial charge in [0.25, 0.3) is 0 Å². The molecule has 0 spiro atoms. The third-order valence-electron chi connectivity index (χ3n) is 8.92. The predicted molar refractivity (Wildman–Crippen MR) is 194 cm³/mol. The Hall–Kier alpha value is -5.27.